The van der Waals surface area contributed by atoms with Crippen LogP contribution in [0.3, 0.4) is 0 Å². The van der Waals surface area contributed by atoms with Gasteiger partial charge in [-0.15, -0.1) is 0 Å². The van der Waals surface area contributed by atoms with Crippen LogP contribution in [0.2, 0.25) is 0 Å². The van der Waals surface area contributed by atoms with Crippen molar-refractivity contribution in [2.45, 2.75) is 13.8 Å². The van der Waals surface area contributed by atoms with E-state index in [1.165, 1.54) is 29.3 Å². The maximum atomic E-state index is 13.4. The zero-order valence-corrected chi connectivity index (χ0v) is 13.9. The van der Waals surface area contributed by atoms with Crippen molar-refractivity contribution < 1.29 is 19.0 Å². The van der Waals surface area contributed by atoms with E-state index in [4.69, 9.17) is 4.74 Å². The number of ether oxygens (including phenoxy) is 1. The van der Waals surface area contributed by atoms with E-state index in [1.54, 1.807) is 31.2 Å². The molecular weight excluding hydrogens is 323 g/mol. The molecule has 0 fully saturated rings. The largest absolute Gasteiger partial charge is 0.504 e. The lowest BCUT2D eigenvalue weighted by molar-refractivity contribution is -0.114. The Balaban J connectivity index is 1.93. The van der Waals surface area contributed by atoms with Gasteiger partial charge in [-0.1, -0.05) is 12.1 Å². The number of aromatic hydroxyl groups is 1. The highest BCUT2D eigenvalue weighted by atomic mass is 19.1. The number of anilines is 1. The summed E-state index contributed by atoms with van der Waals surface area (Å²) in [6.07, 6.45) is 1.67. The van der Waals surface area contributed by atoms with E-state index >= 15 is 0 Å². The number of carbonyl (C=O) groups is 1. The lowest BCUT2D eigenvalue weighted by atomic mass is 10.1. The van der Waals surface area contributed by atoms with Gasteiger partial charge >= 0.3 is 0 Å². The van der Waals surface area contributed by atoms with Crippen molar-refractivity contribution >= 4 is 23.4 Å². The van der Waals surface area contributed by atoms with Gasteiger partial charge in [0.1, 0.15) is 5.82 Å². The molecule has 1 aliphatic heterocycles. The molecule has 1 amide bonds. The number of hydrogen-bond donors (Lipinski definition) is 1. The Kier molecular flexibility index (Phi) is 4.52. The van der Waals surface area contributed by atoms with Crippen molar-refractivity contribution in [2.24, 2.45) is 5.10 Å². The van der Waals surface area contributed by atoms with Gasteiger partial charge in [0.25, 0.3) is 5.91 Å². The molecule has 0 bridgehead atoms. The number of nitrogens with zero attached hydrogens (tertiary/aromatic N) is 2. The number of amides is 1. The van der Waals surface area contributed by atoms with Gasteiger partial charge in [-0.2, -0.15) is 10.1 Å². The standard InChI is InChI=1S/C19H17FN2O3/c1-3-25-18-10-13(7-8-17(18)23)9-16-12(2)21-22(19(16)24)15-6-4-5-14(20)11-15/h4-11,23H,3H2,1-2H3/b16-9-. The smallest absolute Gasteiger partial charge is 0.280 e. The number of halogens is 1. The normalized spacial score (nSPS) is 15.6. The van der Waals surface area contributed by atoms with Gasteiger partial charge in [-0.3, -0.25) is 4.79 Å². The number of hydrogen-bond acceptors (Lipinski definition) is 4. The fraction of sp³-hybridized carbons (Fsp3) is 0.158. The van der Waals surface area contributed by atoms with Crippen LogP contribution in [-0.4, -0.2) is 23.3 Å². The van der Waals surface area contributed by atoms with E-state index in [9.17, 15) is 14.3 Å². The van der Waals surface area contributed by atoms with Gasteiger partial charge in [0.15, 0.2) is 11.5 Å². The van der Waals surface area contributed by atoms with Crippen molar-refractivity contribution in [2.75, 3.05) is 11.6 Å². The minimum atomic E-state index is -0.435. The molecule has 0 aliphatic carbocycles. The van der Waals surface area contributed by atoms with Crippen molar-refractivity contribution in [1.82, 2.24) is 0 Å². The van der Waals surface area contributed by atoms with Crippen LogP contribution < -0.4 is 9.75 Å². The first-order valence-corrected chi connectivity index (χ1v) is 7.82. The fourth-order valence-corrected chi connectivity index (χ4v) is 2.53. The first-order valence-electron chi connectivity index (χ1n) is 7.82. The predicted molar refractivity (Wildman–Crippen MR) is 94.2 cm³/mol. The molecule has 0 aromatic heterocycles. The molecule has 1 N–H and O–H groups in total. The molecule has 3 rings (SSSR count). The third-order valence-electron chi connectivity index (χ3n) is 3.71. The number of carbonyl (C=O) groups excluding carboxylic acids is 1. The van der Waals surface area contributed by atoms with Crippen molar-refractivity contribution in [1.29, 1.82) is 0 Å². The summed E-state index contributed by atoms with van der Waals surface area (Å²) in [5, 5.41) is 15.2. The fourth-order valence-electron chi connectivity index (χ4n) is 2.53. The minimum absolute atomic E-state index is 0.0357. The molecule has 0 radical (unpaired) electrons. The van der Waals surface area contributed by atoms with E-state index in [0.29, 0.717) is 34.9 Å². The van der Waals surface area contributed by atoms with E-state index in [0.717, 1.165) is 0 Å². The van der Waals surface area contributed by atoms with Crippen molar-refractivity contribution in [3.63, 3.8) is 0 Å². The third kappa shape index (κ3) is 3.38. The lowest BCUT2D eigenvalue weighted by Gasteiger charge is -2.11. The number of hydrazone groups is 1. The van der Waals surface area contributed by atoms with Crippen molar-refractivity contribution in [3.8, 4) is 11.5 Å². The first-order chi connectivity index (χ1) is 12.0. The van der Waals surface area contributed by atoms with Crippen LogP contribution >= 0.6 is 0 Å². The molecule has 0 unspecified atom stereocenters. The monoisotopic (exact) mass is 340 g/mol. The van der Waals surface area contributed by atoms with E-state index in [2.05, 4.69) is 5.10 Å². The van der Waals surface area contributed by atoms with Gasteiger partial charge in [0, 0.05) is 0 Å². The Labute approximate surface area is 144 Å². The second-order valence-electron chi connectivity index (χ2n) is 5.50. The zero-order chi connectivity index (χ0) is 18.0. The Morgan fingerprint density at radius 3 is 2.80 bits per heavy atom. The molecule has 5 nitrogen and oxygen atoms in total. The van der Waals surface area contributed by atoms with Crippen LogP contribution in [0.25, 0.3) is 6.08 Å². The molecular formula is C19H17FN2O3. The quantitative estimate of drug-likeness (QED) is 0.863. The highest BCUT2D eigenvalue weighted by molar-refractivity contribution is 6.32. The zero-order valence-electron chi connectivity index (χ0n) is 13.9. The summed E-state index contributed by atoms with van der Waals surface area (Å²) in [4.78, 5) is 12.6. The minimum Gasteiger partial charge on any atom is -0.504 e. The second-order valence-corrected chi connectivity index (χ2v) is 5.50. The summed E-state index contributed by atoms with van der Waals surface area (Å²) in [6.45, 7) is 3.95. The average molecular weight is 340 g/mol. The number of phenolic OH excluding ortho intramolecular Hbond substituents is 1. The third-order valence-corrected chi connectivity index (χ3v) is 3.71. The molecule has 1 heterocycles. The lowest BCUT2D eigenvalue weighted by Crippen LogP contribution is -2.21. The van der Waals surface area contributed by atoms with E-state index in [1.807, 2.05) is 6.92 Å². The predicted octanol–water partition coefficient (Wildman–Crippen LogP) is 3.74. The average Bonchev–Trinajstić information content (AvgIpc) is 2.86. The molecule has 128 valence electrons. The van der Waals surface area contributed by atoms with Gasteiger partial charge in [-0.25, -0.2) is 4.39 Å². The summed E-state index contributed by atoms with van der Waals surface area (Å²) in [5.74, 6) is -0.392. The summed E-state index contributed by atoms with van der Waals surface area (Å²) in [6, 6.07) is 10.5. The summed E-state index contributed by atoms with van der Waals surface area (Å²) in [5.41, 5.74) is 1.99. The number of phenols is 1. The van der Waals surface area contributed by atoms with Gasteiger partial charge in [-0.05, 0) is 55.8 Å². The Morgan fingerprint density at radius 1 is 1.28 bits per heavy atom. The van der Waals surface area contributed by atoms with Crippen LogP contribution in [-0.2, 0) is 4.79 Å². The Hall–Kier alpha value is -3.15. The first kappa shape index (κ1) is 16.7. The van der Waals surface area contributed by atoms with Crippen LogP contribution in [0, 0.1) is 5.82 Å². The molecule has 2 aromatic carbocycles. The van der Waals surface area contributed by atoms with E-state index < -0.39 is 5.82 Å². The molecule has 0 atom stereocenters. The molecule has 6 heteroatoms. The highest BCUT2D eigenvalue weighted by Crippen LogP contribution is 2.30. The summed E-state index contributed by atoms with van der Waals surface area (Å²) in [7, 11) is 0. The van der Waals surface area contributed by atoms with Gasteiger partial charge in [0.2, 0.25) is 0 Å². The summed E-state index contributed by atoms with van der Waals surface area (Å²) >= 11 is 0. The molecule has 25 heavy (non-hydrogen) atoms. The molecule has 0 saturated carbocycles. The molecule has 1 aliphatic rings. The number of rotatable bonds is 4. The number of benzene rings is 2. The molecule has 0 spiro atoms. The van der Waals surface area contributed by atoms with Gasteiger partial charge < -0.3 is 9.84 Å². The SMILES string of the molecule is CCOc1cc(/C=C2\C(=O)N(c3cccc(F)c3)N=C2C)ccc1O. The summed E-state index contributed by atoms with van der Waals surface area (Å²) < 4.78 is 18.8. The second kappa shape index (κ2) is 6.76. The molecule has 0 saturated heterocycles. The topological polar surface area (TPSA) is 62.1 Å². The maximum Gasteiger partial charge on any atom is 0.280 e. The Morgan fingerprint density at radius 2 is 2.08 bits per heavy atom. The van der Waals surface area contributed by atoms with Crippen LogP contribution in [0.5, 0.6) is 11.5 Å². The highest BCUT2D eigenvalue weighted by Gasteiger charge is 2.28. The van der Waals surface area contributed by atoms with Crippen LogP contribution in [0.15, 0.2) is 53.1 Å². The Bertz CT molecular complexity index is 890. The van der Waals surface area contributed by atoms with E-state index in [-0.39, 0.29) is 11.7 Å². The maximum absolute atomic E-state index is 13.4. The molecule has 2 aromatic rings. The van der Waals surface area contributed by atoms with Crippen LogP contribution in [0.1, 0.15) is 19.4 Å². The van der Waals surface area contributed by atoms with Crippen LogP contribution in [0.4, 0.5) is 10.1 Å². The van der Waals surface area contributed by atoms with Crippen molar-refractivity contribution in [3.05, 3.63) is 59.4 Å². The van der Waals surface area contributed by atoms with Gasteiger partial charge in [0.05, 0.1) is 23.6 Å².